The molecule has 84 valence electrons. The molecule has 0 aliphatic carbocycles. The molecule has 2 N–H and O–H groups in total. The minimum Gasteiger partial charge on any atom is -0.384 e. The predicted molar refractivity (Wildman–Crippen MR) is 61.5 cm³/mol. The molecule has 0 aliphatic heterocycles. The Morgan fingerprint density at radius 3 is 3.06 bits per heavy atom. The first-order chi connectivity index (χ1) is 7.72. The highest BCUT2D eigenvalue weighted by atomic mass is 32.1. The van der Waals surface area contributed by atoms with Gasteiger partial charge in [-0.3, -0.25) is 4.79 Å². The number of hydrogen-bond acceptors (Lipinski definition) is 5. The second kappa shape index (κ2) is 4.54. The summed E-state index contributed by atoms with van der Waals surface area (Å²) in [6, 6.07) is 1.94. The molecule has 0 saturated carbocycles. The quantitative estimate of drug-likeness (QED) is 0.859. The number of nitrogens with two attached hydrogens (primary N) is 1. The molecule has 0 spiro atoms. The molecule has 2 aromatic rings. The van der Waals surface area contributed by atoms with Crippen molar-refractivity contribution in [2.75, 3.05) is 13.7 Å². The number of methoxy groups -OCH3 is 1. The standard InChI is InChI=1S/C10H11N3O2S/c1-15-4-2-7-6-3-5-16-10(6)13-9(12-7)8(11)14/h3,5H,2,4H2,1H3,(H2,11,14). The molecule has 0 unspecified atom stereocenters. The lowest BCUT2D eigenvalue weighted by Gasteiger charge is -2.03. The van der Waals surface area contributed by atoms with E-state index in [2.05, 4.69) is 9.97 Å². The van der Waals surface area contributed by atoms with Gasteiger partial charge >= 0.3 is 0 Å². The molecule has 0 bridgehead atoms. The summed E-state index contributed by atoms with van der Waals surface area (Å²) in [4.78, 5) is 20.1. The van der Waals surface area contributed by atoms with Crippen molar-refractivity contribution in [2.24, 2.45) is 5.73 Å². The molecule has 0 atom stereocenters. The molecule has 0 aliphatic rings. The van der Waals surface area contributed by atoms with E-state index >= 15 is 0 Å². The summed E-state index contributed by atoms with van der Waals surface area (Å²) < 4.78 is 5.00. The third-order valence-electron chi connectivity index (χ3n) is 2.17. The monoisotopic (exact) mass is 237 g/mol. The molecule has 2 aromatic heterocycles. The fourth-order valence-electron chi connectivity index (χ4n) is 1.42. The van der Waals surface area contributed by atoms with Gasteiger partial charge in [-0.05, 0) is 11.4 Å². The van der Waals surface area contributed by atoms with Crippen LogP contribution in [-0.4, -0.2) is 29.6 Å². The molecule has 5 nitrogen and oxygen atoms in total. The van der Waals surface area contributed by atoms with Crippen LogP contribution in [0.2, 0.25) is 0 Å². The average molecular weight is 237 g/mol. The fourth-order valence-corrected chi connectivity index (χ4v) is 2.20. The zero-order valence-electron chi connectivity index (χ0n) is 8.77. The van der Waals surface area contributed by atoms with Crippen LogP contribution < -0.4 is 5.73 Å². The predicted octanol–water partition coefficient (Wildman–Crippen LogP) is 0.979. The van der Waals surface area contributed by atoms with E-state index in [1.807, 2.05) is 11.4 Å². The zero-order valence-corrected chi connectivity index (χ0v) is 9.58. The Bertz CT molecular complexity index is 524. The van der Waals surface area contributed by atoms with Gasteiger partial charge in [0.05, 0.1) is 12.3 Å². The number of hydrogen-bond donors (Lipinski definition) is 1. The second-order valence-electron chi connectivity index (χ2n) is 3.24. The first kappa shape index (κ1) is 11.0. The number of ether oxygens (including phenoxy) is 1. The highest BCUT2D eigenvalue weighted by molar-refractivity contribution is 7.16. The second-order valence-corrected chi connectivity index (χ2v) is 4.13. The molecule has 0 fully saturated rings. The van der Waals surface area contributed by atoms with Crippen LogP contribution in [0.1, 0.15) is 16.3 Å². The van der Waals surface area contributed by atoms with Crippen molar-refractivity contribution >= 4 is 27.5 Å². The summed E-state index contributed by atoms with van der Waals surface area (Å²) in [6.07, 6.45) is 0.645. The number of carbonyl (C=O) groups excluding carboxylic acids is 1. The number of nitrogens with zero attached hydrogens (tertiary/aromatic N) is 2. The molecule has 0 radical (unpaired) electrons. The first-order valence-electron chi connectivity index (χ1n) is 4.75. The molecule has 2 heterocycles. The highest BCUT2D eigenvalue weighted by Crippen LogP contribution is 2.21. The van der Waals surface area contributed by atoms with Gasteiger partial charge in [-0.25, -0.2) is 9.97 Å². The third-order valence-corrected chi connectivity index (χ3v) is 2.97. The van der Waals surface area contributed by atoms with E-state index < -0.39 is 5.91 Å². The minimum absolute atomic E-state index is 0.0704. The summed E-state index contributed by atoms with van der Waals surface area (Å²) in [7, 11) is 1.63. The fraction of sp³-hybridized carbons (Fsp3) is 0.300. The van der Waals surface area contributed by atoms with Crippen molar-refractivity contribution in [3.05, 3.63) is 23.0 Å². The normalized spacial score (nSPS) is 10.8. The molecule has 1 amide bonds. The van der Waals surface area contributed by atoms with Crippen molar-refractivity contribution in [2.45, 2.75) is 6.42 Å². The number of thiophene rings is 1. The maximum Gasteiger partial charge on any atom is 0.286 e. The summed E-state index contributed by atoms with van der Waals surface area (Å²) >= 11 is 1.47. The minimum atomic E-state index is -0.603. The van der Waals surface area contributed by atoms with Crippen LogP contribution in [-0.2, 0) is 11.2 Å². The van der Waals surface area contributed by atoms with E-state index in [4.69, 9.17) is 10.5 Å². The molecular weight excluding hydrogens is 226 g/mol. The number of carbonyl (C=O) groups is 1. The van der Waals surface area contributed by atoms with Crippen LogP contribution in [0, 0.1) is 0 Å². The molecule has 6 heteroatoms. The molecule has 0 aromatic carbocycles. The van der Waals surface area contributed by atoms with Gasteiger partial charge in [0.1, 0.15) is 4.83 Å². The Morgan fingerprint density at radius 1 is 1.56 bits per heavy atom. The highest BCUT2D eigenvalue weighted by Gasteiger charge is 2.11. The van der Waals surface area contributed by atoms with Crippen molar-refractivity contribution in [3.63, 3.8) is 0 Å². The molecule has 2 rings (SSSR count). The maximum atomic E-state index is 11.1. The van der Waals surface area contributed by atoms with Gasteiger partial charge in [0.15, 0.2) is 0 Å². The number of primary amides is 1. The summed E-state index contributed by atoms with van der Waals surface area (Å²) in [5.41, 5.74) is 5.99. The van der Waals surface area contributed by atoms with Crippen molar-refractivity contribution in [1.29, 1.82) is 0 Å². The zero-order chi connectivity index (χ0) is 11.5. The van der Waals surface area contributed by atoms with Crippen LogP contribution in [0.4, 0.5) is 0 Å². The lowest BCUT2D eigenvalue weighted by Crippen LogP contribution is -2.16. The summed E-state index contributed by atoms with van der Waals surface area (Å²) in [5, 5.41) is 2.88. The van der Waals surface area contributed by atoms with Crippen LogP contribution in [0.5, 0.6) is 0 Å². The van der Waals surface area contributed by atoms with Crippen molar-refractivity contribution in [1.82, 2.24) is 9.97 Å². The maximum absolute atomic E-state index is 11.1. The van der Waals surface area contributed by atoms with E-state index in [-0.39, 0.29) is 5.82 Å². The first-order valence-corrected chi connectivity index (χ1v) is 5.63. The van der Waals surface area contributed by atoms with Gasteiger partial charge in [-0.2, -0.15) is 0 Å². The third kappa shape index (κ3) is 2.02. The lowest BCUT2D eigenvalue weighted by molar-refractivity contribution is 0.0990. The lowest BCUT2D eigenvalue weighted by atomic mass is 10.2. The van der Waals surface area contributed by atoms with Gasteiger partial charge < -0.3 is 10.5 Å². The van der Waals surface area contributed by atoms with Gasteiger partial charge in [0.2, 0.25) is 5.82 Å². The Balaban J connectivity index is 2.50. The van der Waals surface area contributed by atoms with E-state index in [0.29, 0.717) is 13.0 Å². The smallest absolute Gasteiger partial charge is 0.286 e. The van der Waals surface area contributed by atoms with Gasteiger partial charge in [0, 0.05) is 18.9 Å². The number of amides is 1. The molecule has 0 saturated heterocycles. The van der Waals surface area contributed by atoms with Crippen molar-refractivity contribution in [3.8, 4) is 0 Å². The van der Waals surface area contributed by atoms with E-state index in [1.165, 1.54) is 11.3 Å². The van der Waals surface area contributed by atoms with Gasteiger partial charge in [-0.15, -0.1) is 11.3 Å². The Labute approximate surface area is 96.3 Å². The summed E-state index contributed by atoms with van der Waals surface area (Å²) in [5.74, 6) is -0.532. The Hall–Kier alpha value is -1.53. The number of rotatable bonds is 4. The van der Waals surface area contributed by atoms with Gasteiger partial charge in [-0.1, -0.05) is 0 Å². The Kier molecular flexibility index (Phi) is 3.12. The van der Waals surface area contributed by atoms with E-state index in [1.54, 1.807) is 7.11 Å². The average Bonchev–Trinajstić information content (AvgIpc) is 2.73. The van der Waals surface area contributed by atoms with E-state index in [0.717, 1.165) is 15.9 Å². The molecular formula is C10H11N3O2S. The topological polar surface area (TPSA) is 78.1 Å². The van der Waals surface area contributed by atoms with E-state index in [9.17, 15) is 4.79 Å². The Morgan fingerprint density at radius 2 is 2.38 bits per heavy atom. The van der Waals surface area contributed by atoms with Crippen LogP contribution in [0.15, 0.2) is 11.4 Å². The largest absolute Gasteiger partial charge is 0.384 e. The van der Waals surface area contributed by atoms with Crippen LogP contribution >= 0.6 is 11.3 Å². The summed E-state index contributed by atoms with van der Waals surface area (Å²) in [6.45, 7) is 0.556. The van der Waals surface area contributed by atoms with Crippen LogP contribution in [0.25, 0.3) is 10.2 Å². The number of aromatic nitrogens is 2. The number of fused-ring (bicyclic) bond motifs is 1. The van der Waals surface area contributed by atoms with Crippen LogP contribution in [0.3, 0.4) is 0 Å². The van der Waals surface area contributed by atoms with Gasteiger partial charge in [0.25, 0.3) is 5.91 Å². The van der Waals surface area contributed by atoms with Crippen molar-refractivity contribution < 1.29 is 9.53 Å². The molecule has 16 heavy (non-hydrogen) atoms. The SMILES string of the molecule is COCCc1nc(C(N)=O)nc2sccc12.